The Kier molecular flexibility index (Phi) is 12.7. The average molecular weight is 712 g/mol. The third-order valence-electron chi connectivity index (χ3n) is 8.35. The van der Waals surface area contributed by atoms with Gasteiger partial charge in [-0.2, -0.15) is 0 Å². The first-order chi connectivity index (χ1) is 25.6. The van der Waals surface area contributed by atoms with Gasteiger partial charge in [0.2, 0.25) is 23.6 Å². The molecule has 5 aromatic rings. The van der Waals surface area contributed by atoms with Crippen LogP contribution in [0, 0.1) is 0 Å². The minimum atomic E-state index is -1.37. The van der Waals surface area contributed by atoms with Gasteiger partial charge in [-0.05, 0) is 64.2 Å². The Bertz CT molecular complexity index is 2000. The molecule has 12 heteroatoms. The first-order valence-corrected chi connectivity index (χ1v) is 16.8. The van der Waals surface area contributed by atoms with Gasteiger partial charge >= 0.3 is 0 Å². The summed E-state index contributed by atoms with van der Waals surface area (Å²) in [6.45, 7) is 0.0500. The molecule has 0 aliphatic rings. The van der Waals surface area contributed by atoms with Crippen LogP contribution in [0.4, 0.5) is 11.4 Å². The third kappa shape index (κ3) is 10.4. The van der Waals surface area contributed by atoms with Gasteiger partial charge in [0.05, 0.1) is 25.6 Å². The van der Waals surface area contributed by atoms with E-state index in [2.05, 4.69) is 15.6 Å². The third-order valence-corrected chi connectivity index (χ3v) is 8.35. The predicted molar refractivity (Wildman–Crippen MR) is 204 cm³/mol. The average Bonchev–Trinajstić information content (AvgIpc) is 3.16. The lowest BCUT2D eigenvalue weighted by molar-refractivity contribution is -0.152. The highest BCUT2D eigenvalue weighted by Crippen LogP contribution is 2.27. The number of amides is 4. The highest BCUT2D eigenvalue weighted by atomic mass is 16.5. The van der Waals surface area contributed by atoms with E-state index in [4.69, 9.17) is 21.9 Å². The molecule has 53 heavy (non-hydrogen) atoms. The lowest BCUT2D eigenvalue weighted by Crippen LogP contribution is -2.48. The number of imide groups is 1. The number of hydrogen-bond donors (Lipinski definition) is 5. The highest BCUT2D eigenvalue weighted by Gasteiger charge is 2.36. The van der Waals surface area contributed by atoms with Gasteiger partial charge in [0.25, 0.3) is 0 Å². The van der Waals surface area contributed by atoms with E-state index < -0.39 is 35.7 Å². The molecule has 0 aliphatic carbocycles. The van der Waals surface area contributed by atoms with Crippen LogP contribution in [0.15, 0.2) is 138 Å². The number of carbonyl (C=O) groups is 4. The van der Waals surface area contributed by atoms with Crippen molar-refractivity contribution < 1.29 is 23.9 Å². The fourth-order valence-electron chi connectivity index (χ4n) is 5.61. The first kappa shape index (κ1) is 37.5. The van der Waals surface area contributed by atoms with Crippen LogP contribution >= 0.6 is 0 Å². The van der Waals surface area contributed by atoms with E-state index in [0.717, 1.165) is 4.90 Å². The lowest BCUT2D eigenvalue weighted by Gasteiger charge is -2.30. The van der Waals surface area contributed by atoms with E-state index in [1.165, 1.54) is 0 Å². The minimum Gasteiger partial charge on any atom is -0.497 e. The van der Waals surface area contributed by atoms with Crippen LogP contribution in [0.25, 0.3) is 0 Å². The van der Waals surface area contributed by atoms with Gasteiger partial charge in [-0.1, -0.05) is 97.1 Å². The van der Waals surface area contributed by atoms with Gasteiger partial charge in [0, 0.05) is 12.2 Å². The number of nitrogens with two attached hydrogens (primary N) is 3. The number of rotatable bonds is 14. The van der Waals surface area contributed by atoms with Gasteiger partial charge in [0.15, 0.2) is 5.96 Å². The first-order valence-electron chi connectivity index (χ1n) is 16.8. The van der Waals surface area contributed by atoms with Gasteiger partial charge in [0.1, 0.15) is 17.8 Å². The number of primary amides is 1. The summed E-state index contributed by atoms with van der Waals surface area (Å²) in [6.07, 6.45) is -0.238. The summed E-state index contributed by atoms with van der Waals surface area (Å²) in [6, 6.07) is 36.2. The van der Waals surface area contributed by atoms with E-state index in [0.29, 0.717) is 44.9 Å². The molecule has 270 valence electrons. The molecule has 0 aromatic heterocycles. The van der Waals surface area contributed by atoms with Crippen LogP contribution < -0.4 is 32.6 Å². The van der Waals surface area contributed by atoms with Crippen molar-refractivity contribution in [3.63, 3.8) is 0 Å². The van der Waals surface area contributed by atoms with Crippen molar-refractivity contribution in [1.29, 1.82) is 0 Å². The van der Waals surface area contributed by atoms with E-state index >= 15 is 0 Å². The number of methoxy groups -OCH3 is 1. The number of guanidine groups is 1. The number of benzene rings is 5. The number of anilines is 1. The molecule has 0 spiro atoms. The molecule has 0 bridgehead atoms. The van der Waals surface area contributed by atoms with Crippen LogP contribution in [0.5, 0.6) is 5.75 Å². The number of ether oxygens (including phenoxy) is 1. The van der Waals surface area contributed by atoms with Gasteiger partial charge in [-0.3, -0.25) is 24.1 Å². The summed E-state index contributed by atoms with van der Waals surface area (Å²) in [5.41, 5.74) is 21.5. The fourth-order valence-corrected chi connectivity index (χ4v) is 5.61. The largest absolute Gasteiger partial charge is 0.497 e. The Hall–Kier alpha value is -6.79. The van der Waals surface area contributed by atoms with Crippen LogP contribution in [0.2, 0.25) is 0 Å². The molecule has 0 fully saturated rings. The molecule has 0 radical (unpaired) electrons. The second-order valence-corrected chi connectivity index (χ2v) is 12.2. The molecule has 5 aromatic carbocycles. The van der Waals surface area contributed by atoms with Crippen molar-refractivity contribution >= 4 is 41.0 Å². The van der Waals surface area contributed by atoms with Gasteiger partial charge in [-0.25, -0.2) is 4.99 Å². The molecule has 0 aliphatic heterocycles. The summed E-state index contributed by atoms with van der Waals surface area (Å²) in [5.74, 6) is -1.63. The maximum atomic E-state index is 14.3. The zero-order valence-corrected chi connectivity index (χ0v) is 29.1. The smallest absolute Gasteiger partial charge is 0.248 e. The molecule has 5 rings (SSSR count). The SMILES string of the molecule is COc1ccc(N=C(N)Nc2cccc(C(C(=O)NCc3ccc(C(N)C(N)=O)cc3)N(C(=O)Cc3ccccc3)C(=O)Cc3ccccc3)c2)cc1. The molecule has 2 unspecified atom stereocenters. The van der Waals surface area contributed by atoms with E-state index in [-0.39, 0.29) is 25.3 Å². The summed E-state index contributed by atoms with van der Waals surface area (Å²) in [5, 5.41) is 5.95. The quantitative estimate of drug-likeness (QED) is 0.0824. The predicted octanol–water partition coefficient (Wildman–Crippen LogP) is 4.44. The summed E-state index contributed by atoms with van der Waals surface area (Å²) in [4.78, 5) is 59.8. The highest BCUT2D eigenvalue weighted by molar-refractivity contribution is 6.02. The number of nitrogens with one attached hydrogen (secondary N) is 2. The molecule has 0 saturated carbocycles. The van der Waals surface area contributed by atoms with Crippen molar-refractivity contribution in [1.82, 2.24) is 10.2 Å². The maximum absolute atomic E-state index is 14.3. The number of carbonyl (C=O) groups excluding carboxylic acids is 4. The molecule has 0 saturated heterocycles. The van der Waals surface area contributed by atoms with Gasteiger partial charge in [-0.15, -0.1) is 0 Å². The Morgan fingerprint density at radius 3 is 1.83 bits per heavy atom. The van der Waals surface area contributed by atoms with E-state index in [1.54, 1.807) is 128 Å². The zero-order valence-electron chi connectivity index (χ0n) is 29.1. The van der Waals surface area contributed by atoms with Gasteiger partial charge < -0.3 is 32.6 Å². The standard InChI is InChI=1S/C41H41N7O5/c1-53-34-21-19-32(20-22-34)46-41(44)47-33-14-8-13-31(25-33)38(40(52)45-26-29-15-17-30(18-16-29)37(42)39(43)51)48(35(49)23-27-9-4-2-5-10-27)36(50)24-28-11-6-3-7-12-28/h2-22,25,37-38H,23-24,26,42H2,1H3,(H2,43,51)(H,45,52)(H3,44,46,47). The molecule has 8 N–H and O–H groups in total. The molecular formula is C41H41N7O5. The van der Waals surface area contributed by atoms with Crippen molar-refractivity contribution in [2.45, 2.75) is 31.5 Å². The number of hydrogen-bond acceptors (Lipinski definition) is 7. The maximum Gasteiger partial charge on any atom is 0.248 e. The van der Waals surface area contributed by atoms with Crippen LogP contribution in [0.1, 0.15) is 39.9 Å². The zero-order chi connectivity index (χ0) is 37.7. The summed E-state index contributed by atoms with van der Waals surface area (Å²) >= 11 is 0. The van der Waals surface area contributed by atoms with E-state index in [9.17, 15) is 19.2 Å². The van der Waals surface area contributed by atoms with Crippen LogP contribution in [0.3, 0.4) is 0 Å². The molecule has 0 heterocycles. The van der Waals surface area contributed by atoms with Crippen LogP contribution in [-0.2, 0) is 38.6 Å². The lowest BCUT2D eigenvalue weighted by atomic mass is 10.00. The number of nitrogens with zero attached hydrogens (tertiary/aromatic N) is 2. The topological polar surface area (TPSA) is 195 Å². The normalized spacial score (nSPS) is 12.2. The monoisotopic (exact) mass is 711 g/mol. The summed E-state index contributed by atoms with van der Waals surface area (Å²) < 4.78 is 5.21. The molecule has 12 nitrogen and oxygen atoms in total. The van der Waals surface area contributed by atoms with Crippen LogP contribution in [-0.4, -0.2) is 41.6 Å². The Balaban J connectivity index is 1.49. The van der Waals surface area contributed by atoms with Crippen molar-refractivity contribution in [3.8, 4) is 5.75 Å². The molecule has 4 amide bonds. The fraction of sp³-hybridized carbons (Fsp3) is 0.146. The molecule has 2 atom stereocenters. The summed E-state index contributed by atoms with van der Waals surface area (Å²) in [7, 11) is 1.57. The minimum absolute atomic E-state index is 0.0500. The van der Waals surface area contributed by atoms with Crippen molar-refractivity contribution in [3.05, 3.63) is 161 Å². The number of aliphatic imine (C=N–C) groups is 1. The molecular weight excluding hydrogens is 670 g/mol. The Morgan fingerprint density at radius 1 is 0.698 bits per heavy atom. The van der Waals surface area contributed by atoms with Crippen molar-refractivity contribution in [2.24, 2.45) is 22.2 Å². The van der Waals surface area contributed by atoms with E-state index in [1.807, 2.05) is 12.1 Å². The van der Waals surface area contributed by atoms with Crippen molar-refractivity contribution in [2.75, 3.05) is 12.4 Å². The Morgan fingerprint density at radius 2 is 1.28 bits per heavy atom. The second kappa shape index (κ2) is 17.9. The second-order valence-electron chi connectivity index (χ2n) is 12.2. The Labute approximate surface area is 307 Å².